The van der Waals surface area contributed by atoms with Crippen LogP contribution in [-0.4, -0.2) is 0 Å². The van der Waals surface area contributed by atoms with E-state index in [9.17, 15) is 5.26 Å². The molecule has 0 saturated carbocycles. The fourth-order valence-electron chi connectivity index (χ4n) is 1.80. The Labute approximate surface area is 114 Å². The molecule has 2 aromatic carbocycles. The van der Waals surface area contributed by atoms with Gasteiger partial charge in [-0.05, 0) is 30.7 Å². The second-order valence-electron chi connectivity index (χ2n) is 3.73. The smallest absolute Gasteiger partial charge is 0.0998 e. The fraction of sp³-hybridized carbons (Fsp3) is 0.0714. The lowest BCUT2D eigenvalue weighted by Crippen LogP contribution is -1.89. The van der Waals surface area contributed by atoms with Crippen LogP contribution in [0.2, 0.25) is 5.02 Å². The van der Waals surface area contributed by atoms with Crippen LogP contribution in [0.5, 0.6) is 0 Å². The molecule has 2 aromatic rings. The highest BCUT2D eigenvalue weighted by molar-refractivity contribution is 9.10. The maximum absolute atomic E-state index is 9.17. The summed E-state index contributed by atoms with van der Waals surface area (Å²) >= 11 is 9.57. The van der Waals surface area contributed by atoms with Gasteiger partial charge < -0.3 is 0 Å². The number of halogens is 2. The maximum Gasteiger partial charge on any atom is 0.0998 e. The van der Waals surface area contributed by atoms with Gasteiger partial charge in [0, 0.05) is 20.6 Å². The minimum Gasteiger partial charge on any atom is -0.192 e. The summed E-state index contributed by atoms with van der Waals surface area (Å²) in [5.74, 6) is 0. The lowest BCUT2D eigenvalue weighted by molar-refractivity contribution is 1.42. The van der Waals surface area contributed by atoms with Crippen molar-refractivity contribution >= 4 is 27.5 Å². The van der Waals surface area contributed by atoms with Gasteiger partial charge in [0.1, 0.15) is 0 Å². The first-order valence-corrected chi connectivity index (χ1v) is 6.25. The Hall–Kier alpha value is -1.30. The Morgan fingerprint density at radius 2 is 2.00 bits per heavy atom. The molecule has 0 amide bonds. The van der Waals surface area contributed by atoms with E-state index in [1.165, 1.54) is 0 Å². The SMILES string of the molecule is Cc1cccc(Cl)c1-c1ccc(Br)cc1C#N. The third kappa shape index (κ3) is 2.36. The first kappa shape index (κ1) is 12.2. The van der Waals surface area contributed by atoms with Gasteiger partial charge in [0.15, 0.2) is 0 Å². The van der Waals surface area contributed by atoms with E-state index in [0.717, 1.165) is 21.2 Å². The van der Waals surface area contributed by atoms with Gasteiger partial charge in [-0.3, -0.25) is 0 Å². The predicted molar refractivity (Wildman–Crippen MR) is 74.0 cm³/mol. The number of aryl methyl sites for hydroxylation is 1. The number of hydrogen-bond donors (Lipinski definition) is 0. The number of nitrogens with zero attached hydrogens (tertiary/aromatic N) is 1. The topological polar surface area (TPSA) is 23.8 Å². The molecule has 0 aliphatic heterocycles. The van der Waals surface area contributed by atoms with E-state index in [4.69, 9.17) is 11.6 Å². The number of nitriles is 1. The Morgan fingerprint density at radius 3 is 2.65 bits per heavy atom. The third-order valence-electron chi connectivity index (χ3n) is 2.59. The number of hydrogen-bond acceptors (Lipinski definition) is 1. The lowest BCUT2D eigenvalue weighted by Gasteiger charge is -2.10. The molecule has 0 aliphatic rings. The molecular formula is C14H9BrClN. The van der Waals surface area contributed by atoms with Crippen molar-refractivity contribution in [3.8, 4) is 17.2 Å². The van der Waals surface area contributed by atoms with Crippen LogP contribution < -0.4 is 0 Å². The van der Waals surface area contributed by atoms with Crippen LogP contribution in [0.1, 0.15) is 11.1 Å². The Kier molecular flexibility index (Phi) is 3.51. The molecule has 1 nitrogen and oxygen atoms in total. The summed E-state index contributed by atoms with van der Waals surface area (Å²) in [7, 11) is 0. The summed E-state index contributed by atoms with van der Waals surface area (Å²) in [5, 5.41) is 9.84. The molecule has 17 heavy (non-hydrogen) atoms. The van der Waals surface area contributed by atoms with Crippen molar-refractivity contribution in [2.45, 2.75) is 6.92 Å². The van der Waals surface area contributed by atoms with E-state index < -0.39 is 0 Å². The van der Waals surface area contributed by atoms with Gasteiger partial charge >= 0.3 is 0 Å². The molecule has 0 heterocycles. The van der Waals surface area contributed by atoms with Crippen molar-refractivity contribution in [3.05, 3.63) is 57.0 Å². The monoisotopic (exact) mass is 305 g/mol. The second-order valence-corrected chi connectivity index (χ2v) is 5.06. The molecule has 0 bridgehead atoms. The zero-order valence-electron chi connectivity index (χ0n) is 9.17. The Balaban J connectivity index is 2.74. The highest BCUT2D eigenvalue weighted by atomic mass is 79.9. The molecule has 0 saturated heterocycles. The van der Waals surface area contributed by atoms with E-state index >= 15 is 0 Å². The normalized spacial score (nSPS) is 10.0. The summed E-state index contributed by atoms with van der Waals surface area (Å²) < 4.78 is 0.891. The Morgan fingerprint density at radius 1 is 1.24 bits per heavy atom. The van der Waals surface area contributed by atoms with E-state index in [-0.39, 0.29) is 0 Å². The summed E-state index contributed by atoms with van der Waals surface area (Å²) in [6.07, 6.45) is 0. The standard InChI is InChI=1S/C14H9BrClN/c1-9-3-2-4-13(16)14(9)12-6-5-11(15)7-10(12)8-17/h2-7H,1H3. The van der Waals surface area contributed by atoms with Crippen LogP contribution in [0, 0.1) is 18.3 Å². The molecule has 0 aliphatic carbocycles. The maximum atomic E-state index is 9.17. The van der Waals surface area contributed by atoms with Crippen LogP contribution in [0.15, 0.2) is 40.9 Å². The predicted octanol–water partition coefficient (Wildman–Crippen LogP) is 4.95. The van der Waals surface area contributed by atoms with Crippen molar-refractivity contribution in [2.75, 3.05) is 0 Å². The van der Waals surface area contributed by atoms with Crippen molar-refractivity contribution in [3.63, 3.8) is 0 Å². The van der Waals surface area contributed by atoms with Crippen LogP contribution in [0.4, 0.5) is 0 Å². The molecule has 0 radical (unpaired) electrons. The highest BCUT2D eigenvalue weighted by Gasteiger charge is 2.11. The van der Waals surface area contributed by atoms with E-state index in [0.29, 0.717) is 10.6 Å². The highest BCUT2D eigenvalue weighted by Crippen LogP contribution is 2.34. The van der Waals surface area contributed by atoms with Gasteiger partial charge in [-0.25, -0.2) is 0 Å². The lowest BCUT2D eigenvalue weighted by atomic mass is 9.96. The van der Waals surface area contributed by atoms with Gasteiger partial charge in [0.05, 0.1) is 11.6 Å². The van der Waals surface area contributed by atoms with Crippen molar-refractivity contribution in [2.24, 2.45) is 0 Å². The molecular weight excluding hydrogens is 298 g/mol. The number of rotatable bonds is 1. The molecule has 0 unspecified atom stereocenters. The van der Waals surface area contributed by atoms with E-state index in [1.54, 1.807) is 6.07 Å². The molecule has 0 N–H and O–H groups in total. The molecule has 84 valence electrons. The summed E-state index contributed by atoms with van der Waals surface area (Å²) in [6, 6.07) is 13.6. The average molecular weight is 307 g/mol. The van der Waals surface area contributed by atoms with Crippen LogP contribution in [0.25, 0.3) is 11.1 Å². The molecule has 2 rings (SSSR count). The first-order chi connectivity index (χ1) is 8.13. The second kappa shape index (κ2) is 4.91. The van der Waals surface area contributed by atoms with Gasteiger partial charge in [-0.15, -0.1) is 0 Å². The first-order valence-electron chi connectivity index (χ1n) is 5.08. The number of benzene rings is 2. The van der Waals surface area contributed by atoms with Crippen molar-refractivity contribution < 1.29 is 0 Å². The van der Waals surface area contributed by atoms with E-state index in [2.05, 4.69) is 22.0 Å². The van der Waals surface area contributed by atoms with Gasteiger partial charge in [-0.2, -0.15) is 5.26 Å². The molecule has 0 spiro atoms. The minimum atomic E-state index is 0.621. The van der Waals surface area contributed by atoms with Crippen LogP contribution >= 0.6 is 27.5 Å². The third-order valence-corrected chi connectivity index (χ3v) is 3.40. The van der Waals surface area contributed by atoms with Gasteiger partial charge in [0.2, 0.25) is 0 Å². The van der Waals surface area contributed by atoms with Crippen LogP contribution in [-0.2, 0) is 0 Å². The molecule has 0 aromatic heterocycles. The average Bonchev–Trinajstić information content (AvgIpc) is 2.30. The van der Waals surface area contributed by atoms with Gasteiger partial charge in [-0.1, -0.05) is 45.7 Å². The molecule has 3 heteroatoms. The molecule has 0 atom stereocenters. The quantitative estimate of drug-likeness (QED) is 0.731. The summed E-state index contributed by atoms with van der Waals surface area (Å²) in [4.78, 5) is 0. The van der Waals surface area contributed by atoms with Crippen LogP contribution in [0.3, 0.4) is 0 Å². The summed E-state index contributed by atoms with van der Waals surface area (Å²) in [5.41, 5.74) is 3.49. The Bertz CT molecular complexity index is 594. The summed E-state index contributed by atoms with van der Waals surface area (Å²) in [6.45, 7) is 1.99. The minimum absolute atomic E-state index is 0.621. The van der Waals surface area contributed by atoms with Crippen molar-refractivity contribution in [1.29, 1.82) is 5.26 Å². The van der Waals surface area contributed by atoms with E-state index in [1.807, 2.05) is 37.3 Å². The zero-order valence-corrected chi connectivity index (χ0v) is 11.5. The van der Waals surface area contributed by atoms with Crippen molar-refractivity contribution in [1.82, 2.24) is 0 Å². The van der Waals surface area contributed by atoms with Gasteiger partial charge in [0.25, 0.3) is 0 Å². The largest absolute Gasteiger partial charge is 0.192 e. The molecule has 0 fully saturated rings. The fourth-order valence-corrected chi connectivity index (χ4v) is 2.48. The zero-order chi connectivity index (χ0) is 12.4.